The van der Waals surface area contributed by atoms with Crippen LogP contribution < -0.4 is 5.73 Å². The number of nitrogens with zero attached hydrogens (tertiary/aromatic N) is 1. The molecule has 1 heterocycles. The lowest BCUT2D eigenvalue weighted by Crippen LogP contribution is -2.56. The summed E-state index contributed by atoms with van der Waals surface area (Å²) in [5.74, 6) is 0. The van der Waals surface area contributed by atoms with Crippen molar-refractivity contribution < 1.29 is 4.74 Å². The van der Waals surface area contributed by atoms with Crippen molar-refractivity contribution in [3.63, 3.8) is 0 Å². The van der Waals surface area contributed by atoms with Gasteiger partial charge >= 0.3 is 0 Å². The van der Waals surface area contributed by atoms with Crippen molar-refractivity contribution in [1.29, 1.82) is 0 Å². The number of nitrogens with two attached hydrogens (primary N) is 1. The van der Waals surface area contributed by atoms with E-state index in [1.54, 1.807) is 7.11 Å². The number of hydrogen-bond acceptors (Lipinski definition) is 3. The summed E-state index contributed by atoms with van der Waals surface area (Å²) >= 11 is 0. The molecular weight excluding hydrogens is 212 g/mol. The highest BCUT2D eigenvalue weighted by Crippen LogP contribution is 2.36. The van der Waals surface area contributed by atoms with Crippen molar-refractivity contribution >= 4 is 0 Å². The average Bonchev–Trinajstić information content (AvgIpc) is 2.37. The molecule has 3 nitrogen and oxygen atoms in total. The quantitative estimate of drug-likeness (QED) is 0.776. The minimum absolute atomic E-state index is 0.116. The van der Waals surface area contributed by atoms with Gasteiger partial charge in [-0.3, -0.25) is 4.90 Å². The van der Waals surface area contributed by atoms with Gasteiger partial charge in [-0.1, -0.05) is 20.3 Å². The Bertz CT molecular complexity index is 224. The highest BCUT2D eigenvalue weighted by Gasteiger charge is 2.36. The number of piperidine rings is 1. The first-order chi connectivity index (χ1) is 7.99. The Hall–Kier alpha value is -0.120. The fourth-order valence-corrected chi connectivity index (χ4v) is 2.65. The Morgan fingerprint density at radius 2 is 1.94 bits per heavy atom. The van der Waals surface area contributed by atoms with E-state index in [1.165, 1.54) is 32.4 Å². The third kappa shape index (κ3) is 3.67. The maximum atomic E-state index is 5.98. The Kier molecular flexibility index (Phi) is 5.42. The molecule has 1 fully saturated rings. The van der Waals surface area contributed by atoms with Gasteiger partial charge in [0.1, 0.15) is 0 Å². The molecular formula is C14H30N2O. The largest absolute Gasteiger partial charge is 0.385 e. The minimum Gasteiger partial charge on any atom is -0.385 e. The van der Waals surface area contributed by atoms with Crippen molar-refractivity contribution in [3.8, 4) is 0 Å². The van der Waals surface area contributed by atoms with Gasteiger partial charge in [-0.2, -0.15) is 0 Å². The van der Waals surface area contributed by atoms with E-state index in [4.69, 9.17) is 10.5 Å². The summed E-state index contributed by atoms with van der Waals surface area (Å²) in [4.78, 5) is 2.57. The number of rotatable bonds is 6. The lowest BCUT2D eigenvalue weighted by atomic mass is 9.77. The molecule has 0 aromatic rings. The third-order valence-corrected chi connectivity index (χ3v) is 4.87. The Labute approximate surface area is 107 Å². The fourth-order valence-electron chi connectivity index (χ4n) is 2.65. The minimum atomic E-state index is 0.116. The zero-order valence-electron chi connectivity index (χ0n) is 12.1. The summed E-state index contributed by atoms with van der Waals surface area (Å²) in [5, 5.41) is 0. The van der Waals surface area contributed by atoms with E-state index in [2.05, 4.69) is 25.7 Å². The molecule has 1 rings (SSSR count). The van der Waals surface area contributed by atoms with Gasteiger partial charge in [-0.05, 0) is 44.7 Å². The molecule has 0 bridgehead atoms. The Morgan fingerprint density at radius 3 is 2.35 bits per heavy atom. The summed E-state index contributed by atoms with van der Waals surface area (Å²) in [6, 6.07) is 0. The van der Waals surface area contributed by atoms with Crippen molar-refractivity contribution in [2.45, 2.75) is 52.0 Å². The molecule has 0 amide bonds. The van der Waals surface area contributed by atoms with Crippen molar-refractivity contribution in [3.05, 3.63) is 0 Å². The highest BCUT2D eigenvalue weighted by molar-refractivity contribution is 4.92. The van der Waals surface area contributed by atoms with Gasteiger partial charge < -0.3 is 10.5 Å². The van der Waals surface area contributed by atoms with E-state index >= 15 is 0 Å². The number of methoxy groups -OCH3 is 1. The summed E-state index contributed by atoms with van der Waals surface area (Å²) in [6.07, 6.45) is 4.92. The van der Waals surface area contributed by atoms with Crippen LogP contribution in [0.15, 0.2) is 0 Å². The maximum absolute atomic E-state index is 5.98. The molecule has 0 aromatic carbocycles. The molecule has 1 atom stereocenters. The molecule has 1 aliphatic rings. The van der Waals surface area contributed by atoms with Gasteiger partial charge in [0.05, 0.1) is 0 Å². The Morgan fingerprint density at radius 1 is 1.35 bits per heavy atom. The third-order valence-electron chi connectivity index (χ3n) is 4.87. The van der Waals surface area contributed by atoms with Crippen LogP contribution in [0.4, 0.5) is 0 Å². The monoisotopic (exact) mass is 242 g/mol. The lowest BCUT2D eigenvalue weighted by Gasteiger charge is -2.47. The molecule has 17 heavy (non-hydrogen) atoms. The molecule has 0 aromatic heterocycles. The molecule has 1 aliphatic heterocycles. The molecule has 0 spiro atoms. The second-order valence-electron chi connectivity index (χ2n) is 6.10. The highest BCUT2D eigenvalue weighted by atomic mass is 16.5. The van der Waals surface area contributed by atoms with Crippen molar-refractivity contribution in [2.24, 2.45) is 11.1 Å². The lowest BCUT2D eigenvalue weighted by molar-refractivity contribution is 0.0163. The second kappa shape index (κ2) is 6.17. The molecule has 2 N–H and O–H groups in total. The van der Waals surface area contributed by atoms with Crippen molar-refractivity contribution in [2.75, 3.05) is 33.4 Å². The average molecular weight is 242 g/mol. The second-order valence-corrected chi connectivity index (χ2v) is 6.10. The van der Waals surface area contributed by atoms with Crippen LogP contribution in [-0.2, 0) is 4.74 Å². The van der Waals surface area contributed by atoms with Gasteiger partial charge in [0.25, 0.3) is 0 Å². The standard InChI is InChI=1S/C14H30N2O/c1-5-13(2)6-9-16(10-7-13)14(3,12-15)8-11-17-4/h5-12,15H2,1-4H3. The molecule has 0 saturated carbocycles. The van der Waals surface area contributed by atoms with E-state index in [0.717, 1.165) is 19.6 Å². The van der Waals surface area contributed by atoms with Crippen LogP contribution in [0.2, 0.25) is 0 Å². The van der Waals surface area contributed by atoms with Crippen LogP contribution >= 0.6 is 0 Å². The number of hydrogen-bond donors (Lipinski definition) is 1. The Balaban J connectivity index is 2.55. The van der Waals surface area contributed by atoms with E-state index in [9.17, 15) is 0 Å². The van der Waals surface area contributed by atoms with Gasteiger partial charge in [-0.25, -0.2) is 0 Å². The van der Waals surface area contributed by atoms with Crippen LogP contribution in [0.25, 0.3) is 0 Å². The predicted octanol–water partition coefficient (Wildman–Crippen LogP) is 2.25. The zero-order chi connectivity index (χ0) is 12.9. The summed E-state index contributed by atoms with van der Waals surface area (Å²) < 4.78 is 5.21. The summed E-state index contributed by atoms with van der Waals surface area (Å²) in [5.41, 5.74) is 6.65. The first kappa shape index (κ1) is 14.9. The SMILES string of the molecule is CCC1(C)CCN(C(C)(CN)CCOC)CC1. The van der Waals surface area contributed by atoms with Crippen LogP contribution in [0.5, 0.6) is 0 Å². The normalized spacial score (nSPS) is 24.5. The molecule has 0 aliphatic carbocycles. The summed E-state index contributed by atoms with van der Waals surface area (Å²) in [7, 11) is 1.77. The first-order valence-corrected chi connectivity index (χ1v) is 6.94. The van der Waals surface area contributed by atoms with Gasteiger partial charge in [0, 0.05) is 25.8 Å². The number of ether oxygens (including phenoxy) is 1. The molecule has 0 radical (unpaired) electrons. The van der Waals surface area contributed by atoms with Crippen LogP contribution in [0.1, 0.15) is 46.5 Å². The topological polar surface area (TPSA) is 38.5 Å². The van der Waals surface area contributed by atoms with Gasteiger partial charge in [-0.15, -0.1) is 0 Å². The number of likely N-dealkylation sites (tertiary alicyclic amines) is 1. The van der Waals surface area contributed by atoms with Crippen LogP contribution in [0, 0.1) is 5.41 Å². The first-order valence-electron chi connectivity index (χ1n) is 6.94. The maximum Gasteiger partial charge on any atom is 0.0480 e. The molecule has 102 valence electrons. The van der Waals surface area contributed by atoms with Crippen LogP contribution in [-0.4, -0.2) is 43.8 Å². The smallest absolute Gasteiger partial charge is 0.0480 e. The van der Waals surface area contributed by atoms with Gasteiger partial charge in [0.2, 0.25) is 0 Å². The van der Waals surface area contributed by atoms with Gasteiger partial charge in [0.15, 0.2) is 0 Å². The van der Waals surface area contributed by atoms with Crippen molar-refractivity contribution in [1.82, 2.24) is 4.90 Å². The predicted molar refractivity (Wildman–Crippen MR) is 73.2 cm³/mol. The molecule has 1 saturated heterocycles. The zero-order valence-corrected chi connectivity index (χ0v) is 12.1. The van der Waals surface area contributed by atoms with E-state index in [-0.39, 0.29) is 5.54 Å². The summed E-state index contributed by atoms with van der Waals surface area (Å²) in [6.45, 7) is 10.9. The molecule has 1 unspecified atom stereocenters. The molecule has 3 heteroatoms. The van der Waals surface area contributed by atoms with E-state index < -0.39 is 0 Å². The fraction of sp³-hybridized carbons (Fsp3) is 1.00. The van der Waals surface area contributed by atoms with Crippen LogP contribution in [0.3, 0.4) is 0 Å². The van der Waals surface area contributed by atoms with E-state index in [1.807, 2.05) is 0 Å². The van der Waals surface area contributed by atoms with E-state index in [0.29, 0.717) is 5.41 Å².